The first-order valence-corrected chi connectivity index (χ1v) is 6.04. The van der Waals surface area contributed by atoms with Gasteiger partial charge in [0, 0.05) is 17.7 Å². The maximum absolute atomic E-state index is 11.6. The second kappa shape index (κ2) is 6.84. The third kappa shape index (κ3) is 4.81. The number of hydrogen-bond donors (Lipinski definition) is 1. The fourth-order valence-electron chi connectivity index (χ4n) is 1.57. The second-order valence-corrected chi connectivity index (χ2v) is 4.14. The van der Waals surface area contributed by atoms with E-state index in [4.69, 9.17) is 0 Å². The van der Waals surface area contributed by atoms with E-state index in [0.29, 0.717) is 17.7 Å². The Balaban J connectivity index is 2.53. The van der Waals surface area contributed by atoms with E-state index in [-0.39, 0.29) is 11.7 Å². The highest BCUT2D eigenvalue weighted by Gasteiger charge is 2.04. The highest BCUT2D eigenvalue weighted by Crippen LogP contribution is 2.12. The summed E-state index contributed by atoms with van der Waals surface area (Å²) < 4.78 is 0. The van der Waals surface area contributed by atoms with Crippen molar-refractivity contribution in [2.45, 2.75) is 39.5 Å². The van der Waals surface area contributed by atoms with E-state index in [1.54, 1.807) is 24.3 Å². The molecule has 0 aliphatic heterocycles. The van der Waals surface area contributed by atoms with Crippen molar-refractivity contribution in [2.75, 3.05) is 5.32 Å². The molecule has 1 amide bonds. The first-order valence-electron chi connectivity index (χ1n) is 6.04. The number of Topliss-reactive ketones (excluding diaryl/α,β-unsaturated/α-hetero) is 1. The van der Waals surface area contributed by atoms with Gasteiger partial charge in [0.25, 0.3) is 0 Å². The van der Waals surface area contributed by atoms with E-state index in [2.05, 4.69) is 12.2 Å². The summed E-state index contributed by atoms with van der Waals surface area (Å²) in [5, 5.41) is 2.80. The molecule has 0 aliphatic carbocycles. The van der Waals surface area contributed by atoms with Crippen LogP contribution in [0.3, 0.4) is 0 Å². The molecule has 0 aliphatic rings. The summed E-state index contributed by atoms with van der Waals surface area (Å²) in [5.74, 6) is 0.0197. The van der Waals surface area contributed by atoms with Crippen LogP contribution in [0.5, 0.6) is 0 Å². The van der Waals surface area contributed by atoms with Gasteiger partial charge in [-0.2, -0.15) is 0 Å². The zero-order valence-electron chi connectivity index (χ0n) is 10.5. The molecular formula is C14H19NO2. The number of benzene rings is 1. The van der Waals surface area contributed by atoms with Crippen molar-refractivity contribution in [2.24, 2.45) is 0 Å². The zero-order valence-corrected chi connectivity index (χ0v) is 10.5. The lowest BCUT2D eigenvalue weighted by Crippen LogP contribution is -2.11. The van der Waals surface area contributed by atoms with Crippen LogP contribution in [0.4, 0.5) is 5.69 Å². The van der Waals surface area contributed by atoms with Crippen molar-refractivity contribution >= 4 is 17.4 Å². The molecule has 0 saturated carbocycles. The molecule has 3 heteroatoms. The van der Waals surface area contributed by atoms with E-state index in [1.807, 2.05) is 0 Å². The fourth-order valence-corrected chi connectivity index (χ4v) is 1.57. The minimum absolute atomic E-state index is 0.00656. The molecular weight excluding hydrogens is 214 g/mol. The molecule has 0 fully saturated rings. The smallest absolute Gasteiger partial charge is 0.224 e. The van der Waals surface area contributed by atoms with Gasteiger partial charge in [-0.1, -0.05) is 31.9 Å². The average molecular weight is 233 g/mol. The highest BCUT2D eigenvalue weighted by atomic mass is 16.1. The summed E-state index contributed by atoms with van der Waals surface area (Å²) in [6, 6.07) is 7.03. The highest BCUT2D eigenvalue weighted by molar-refractivity contribution is 5.97. The van der Waals surface area contributed by atoms with Crippen LogP contribution in [0.2, 0.25) is 0 Å². The normalized spacial score (nSPS) is 10.0. The van der Waals surface area contributed by atoms with Crippen LogP contribution in [-0.2, 0) is 4.79 Å². The number of nitrogens with one attached hydrogen (secondary N) is 1. The summed E-state index contributed by atoms with van der Waals surface area (Å²) >= 11 is 0. The summed E-state index contributed by atoms with van der Waals surface area (Å²) in [5.41, 5.74) is 1.32. The van der Waals surface area contributed by atoms with Crippen molar-refractivity contribution in [1.82, 2.24) is 0 Å². The number of rotatable bonds is 6. The van der Waals surface area contributed by atoms with Crippen molar-refractivity contribution < 1.29 is 9.59 Å². The topological polar surface area (TPSA) is 46.2 Å². The summed E-state index contributed by atoms with van der Waals surface area (Å²) in [6.45, 7) is 3.62. The monoisotopic (exact) mass is 233 g/mol. The predicted molar refractivity (Wildman–Crippen MR) is 69.2 cm³/mol. The number of carbonyl (C=O) groups excluding carboxylic acids is 2. The minimum Gasteiger partial charge on any atom is -0.326 e. The molecule has 0 radical (unpaired) electrons. The number of anilines is 1. The molecule has 1 aromatic rings. The Morgan fingerprint density at radius 1 is 1.24 bits per heavy atom. The molecule has 0 spiro atoms. The van der Waals surface area contributed by atoms with Crippen molar-refractivity contribution in [3.63, 3.8) is 0 Å². The van der Waals surface area contributed by atoms with E-state index < -0.39 is 0 Å². The SMILES string of the molecule is CCCCCC(=O)Nc1cccc(C(C)=O)c1. The molecule has 0 aromatic heterocycles. The van der Waals surface area contributed by atoms with E-state index in [0.717, 1.165) is 19.3 Å². The molecule has 92 valence electrons. The quantitative estimate of drug-likeness (QED) is 0.604. The van der Waals surface area contributed by atoms with Gasteiger partial charge in [0.15, 0.2) is 5.78 Å². The van der Waals surface area contributed by atoms with Crippen LogP contribution in [-0.4, -0.2) is 11.7 Å². The average Bonchev–Trinajstić information content (AvgIpc) is 2.29. The standard InChI is InChI=1S/C14H19NO2/c1-3-4-5-9-14(17)15-13-8-6-7-12(10-13)11(2)16/h6-8,10H,3-5,9H2,1-2H3,(H,15,17). The number of unbranched alkanes of at least 4 members (excludes halogenated alkanes) is 2. The van der Waals surface area contributed by atoms with Crippen molar-refractivity contribution in [3.8, 4) is 0 Å². The van der Waals surface area contributed by atoms with Gasteiger partial charge in [-0.25, -0.2) is 0 Å². The largest absolute Gasteiger partial charge is 0.326 e. The molecule has 1 rings (SSSR count). The van der Waals surface area contributed by atoms with Gasteiger partial charge in [0.1, 0.15) is 0 Å². The summed E-state index contributed by atoms with van der Waals surface area (Å²) in [6.07, 6.45) is 3.63. The van der Waals surface area contributed by atoms with Crippen LogP contribution in [0.1, 0.15) is 49.9 Å². The molecule has 3 nitrogen and oxygen atoms in total. The van der Waals surface area contributed by atoms with Gasteiger partial charge >= 0.3 is 0 Å². The predicted octanol–water partition coefficient (Wildman–Crippen LogP) is 3.41. The molecule has 0 heterocycles. The lowest BCUT2D eigenvalue weighted by molar-refractivity contribution is -0.116. The lowest BCUT2D eigenvalue weighted by Gasteiger charge is -2.06. The zero-order chi connectivity index (χ0) is 12.7. The van der Waals surface area contributed by atoms with E-state index in [1.165, 1.54) is 6.92 Å². The Hall–Kier alpha value is -1.64. The van der Waals surface area contributed by atoms with Gasteiger partial charge in [-0.3, -0.25) is 9.59 Å². The third-order valence-electron chi connectivity index (χ3n) is 2.56. The minimum atomic E-state index is 0.00656. The Labute approximate surface area is 102 Å². The Morgan fingerprint density at radius 2 is 2.00 bits per heavy atom. The maximum atomic E-state index is 11.6. The Bertz CT molecular complexity index is 399. The molecule has 0 atom stereocenters. The van der Waals surface area contributed by atoms with Crippen LogP contribution in [0.25, 0.3) is 0 Å². The molecule has 17 heavy (non-hydrogen) atoms. The molecule has 1 aromatic carbocycles. The number of amides is 1. The maximum Gasteiger partial charge on any atom is 0.224 e. The van der Waals surface area contributed by atoms with Crippen LogP contribution >= 0.6 is 0 Å². The molecule has 1 N–H and O–H groups in total. The van der Waals surface area contributed by atoms with Crippen LogP contribution in [0, 0.1) is 0 Å². The molecule has 0 unspecified atom stereocenters. The summed E-state index contributed by atoms with van der Waals surface area (Å²) in [4.78, 5) is 22.8. The van der Waals surface area contributed by atoms with Crippen molar-refractivity contribution in [1.29, 1.82) is 0 Å². The van der Waals surface area contributed by atoms with Crippen LogP contribution < -0.4 is 5.32 Å². The summed E-state index contributed by atoms with van der Waals surface area (Å²) in [7, 11) is 0. The van der Waals surface area contributed by atoms with Gasteiger partial charge < -0.3 is 5.32 Å². The Morgan fingerprint density at radius 3 is 2.65 bits per heavy atom. The van der Waals surface area contributed by atoms with Crippen molar-refractivity contribution in [3.05, 3.63) is 29.8 Å². The van der Waals surface area contributed by atoms with E-state index in [9.17, 15) is 9.59 Å². The number of ketones is 1. The second-order valence-electron chi connectivity index (χ2n) is 4.14. The molecule has 0 saturated heterocycles. The molecule has 0 bridgehead atoms. The first-order chi connectivity index (χ1) is 8.13. The van der Waals surface area contributed by atoms with Gasteiger partial charge in [-0.05, 0) is 25.5 Å². The lowest BCUT2D eigenvalue weighted by atomic mass is 10.1. The number of hydrogen-bond acceptors (Lipinski definition) is 2. The van der Waals surface area contributed by atoms with Gasteiger partial charge in [-0.15, -0.1) is 0 Å². The van der Waals surface area contributed by atoms with Crippen LogP contribution in [0.15, 0.2) is 24.3 Å². The first kappa shape index (κ1) is 13.4. The fraction of sp³-hybridized carbons (Fsp3) is 0.429. The van der Waals surface area contributed by atoms with Gasteiger partial charge in [0.2, 0.25) is 5.91 Å². The third-order valence-corrected chi connectivity index (χ3v) is 2.56. The Kier molecular flexibility index (Phi) is 5.40. The van der Waals surface area contributed by atoms with Gasteiger partial charge in [0.05, 0.1) is 0 Å². The van der Waals surface area contributed by atoms with E-state index >= 15 is 0 Å². The number of carbonyl (C=O) groups is 2.